The van der Waals surface area contributed by atoms with Crippen LogP contribution in [0.3, 0.4) is 0 Å². The van der Waals surface area contributed by atoms with Gasteiger partial charge in [0.15, 0.2) is 5.76 Å². The minimum Gasteiger partial charge on any atom is -0.451 e. The predicted octanol–water partition coefficient (Wildman–Crippen LogP) is 5.17. The van der Waals surface area contributed by atoms with E-state index in [-0.39, 0.29) is 5.91 Å². The molecule has 0 atom stereocenters. The van der Waals surface area contributed by atoms with Crippen LogP contribution >= 0.6 is 0 Å². The smallest absolute Gasteiger partial charge is 0.289 e. The lowest BCUT2D eigenvalue weighted by molar-refractivity contribution is 0.0717. The highest BCUT2D eigenvalue weighted by Crippen LogP contribution is 2.29. The minimum absolute atomic E-state index is 0.0223. The number of hydrogen-bond acceptors (Lipinski definition) is 3. The lowest BCUT2D eigenvalue weighted by atomic mass is 10.1. The van der Waals surface area contributed by atoms with Crippen LogP contribution in [0.2, 0.25) is 0 Å². The van der Waals surface area contributed by atoms with Crippen molar-refractivity contribution in [1.29, 1.82) is 0 Å². The van der Waals surface area contributed by atoms with Gasteiger partial charge in [0.1, 0.15) is 5.58 Å². The number of furan rings is 1. The van der Waals surface area contributed by atoms with E-state index in [9.17, 15) is 4.79 Å². The van der Waals surface area contributed by atoms with Crippen molar-refractivity contribution in [3.8, 4) is 0 Å². The van der Waals surface area contributed by atoms with Crippen molar-refractivity contribution in [3.63, 3.8) is 0 Å². The van der Waals surface area contributed by atoms with Crippen LogP contribution in [0.25, 0.3) is 21.7 Å². The molecule has 1 amide bonds. The number of hydrogen-bond donors (Lipinski definition) is 0. The van der Waals surface area contributed by atoms with Gasteiger partial charge in [0, 0.05) is 37.3 Å². The monoisotopic (exact) mass is 384 g/mol. The van der Waals surface area contributed by atoms with Crippen molar-refractivity contribution in [2.24, 2.45) is 0 Å². The summed E-state index contributed by atoms with van der Waals surface area (Å²) < 4.78 is 5.93. The summed E-state index contributed by atoms with van der Waals surface area (Å²) >= 11 is 0. The Morgan fingerprint density at radius 1 is 0.862 bits per heavy atom. The molecular weight excluding hydrogens is 360 g/mol. The maximum Gasteiger partial charge on any atom is 0.289 e. The maximum absolute atomic E-state index is 13.1. The molecule has 5 rings (SSSR count). The van der Waals surface area contributed by atoms with Gasteiger partial charge in [-0.15, -0.1) is 0 Å². The largest absolute Gasteiger partial charge is 0.451 e. The molecule has 1 aromatic heterocycles. The van der Waals surface area contributed by atoms with Gasteiger partial charge in [-0.3, -0.25) is 4.79 Å². The van der Waals surface area contributed by atoms with E-state index < -0.39 is 0 Å². The fraction of sp³-hybridized carbons (Fsp3) is 0.240. The van der Waals surface area contributed by atoms with Gasteiger partial charge in [-0.1, -0.05) is 42.5 Å². The van der Waals surface area contributed by atoms with E-state index in [1.165, 1.54) is 16.8 Å². The molecule has 1 fully saturated rings. The molecule has 4 aromatic rings. The van der Waals surface area contributed by atoms with Crippen LogP contribution < -0.4 is 4.90 Å². The second-order valence-electron chi connectivity index (χ2n) is 7.81. The van der Waals surface area contributed by atoms with Crippen LogP contribution in [0.4, 0.5) is 5.69 Å². The molecule has 0 spiro atoms. The van der Waals surface area contributed by atoms with Crippen molar-refractivity contribution in [2.75, 3.05) is 31.1 Å². The van der Waals surface area contributed by atoms with Crippen molar-refractivity contribution in [2.45, 2.75) is 13.8 Å². The van der Waals surface area contributed by atoms with Gasteiger partial charge in [0.05, 0.1) is 0 Å². The molecule has 2 heterocycles. The summed E-state index contributed by atoms with van der Waals surface area (Å²) in [6.07, 6.45) is 0. The number of carbonyl (C=O) groups excluding carboxylic acids is 1. The quantitative estimate of drug-likeness (QED) is 0.479. The number of anilines is 1. The van der Waals surface area contributed by atoms with Gasteiger partial charge in [-0.2, -0.15) is 0 Å². The van der Waals surface area contributed by atoms with Crippen molar-refractivity contribution in [3.05, 3.63) is 77.6 Å². The first-order valence-corrected chi connectivity index (χ1v) is 10.1. The molecule has 3 aromatic carbocycles. The van der Waals surface area contributed by atoms with Crippen molar-refractivity contribution >= 4 is 33.3 Å². The Morgan fingerprint density at radius 3 is 2.48 bits per heavy atom. The summed E-state index contributed by atoms with van der Waals surface area (Å²) in [6.45, 7) is 7.37. The molecule has 1 saturated heterocycles. The van der Waals surface area contributed by atoms with E-state index in [2.05, 4.69) is 49.1 Å². The van der Waals surface area contributed by atoms with E-state index in [0.29, 0.717) is 18.8 Å². The van der Waals surface area contributed by atoms with E-state index >= 15 is 0 Å². The van der Waals surface area contributed by atoms with Crippen LogP contribution in [0.1, 0.15) is 21.7 Å². The fourth-order valence-corrected chi connectivity index (χ4v) is 4.28. The highest BCUT2D eigenvalue weighted by Gasteiger charge is 2.25. The van der Waals surface area contributed by atoms with E-state index in [1.54, 1.807) is 0 Å². The number of nitrogens with zero attached hydrogens (tertiary/aromatic N) is 2. The SMILES string of the molecule is Cc1cccc(N2CCN(C(=O)c3cc4c(ccc5ccccc54)o3)CC2)c1C. The molecule has 29 heavy (non-hydrogen) atoms. The molecule has 0 saturated carbocycles. The summed E-state index contributed by atoms with van der Waals surface area (Å²) in [4.78, 5) is 17.4. The normalized spacial score (nSPS) is 14.7. The van der Waals surface area contributed by atoms with Gasteiger partial charge < -0.3 is 14.2 Å². The van der Waals surface area contributed by atoms with E-state index in [1.807, 2.05) is 35.2 Å². The van der Waals surface area contributed by atoms with Gasteiger partial charge in [-0.05, 0) is 53.9 Å². The third kappa shape index (κ3) is 3.05. The third-order valence-electron chi connectivity index (χ3n) is 6.12. The Balaban J connectivity index is 1.37. The zero-order valence-electron chi connectivity index (χ0n) is 16.8. The lowest BCUT2D eigenvalue weighted by Gasteiger charge is -2.36. The maximum atomic E-state index is 13.1. The number of amides is 1. The molecule has 0 aliphatic carbocycles. The molecule has 0 radical (unpaired) electrons. The second-order valence-corrected chi connectivity index (χ2v) is 7.81. The second kappa shape index (κ2) is 6.96. The number of piperazine rings is 1. The highest BCUT2D eigenvalue weighted by molar-refractivity contribution is 6.08. The minimum atomic E-state index is -0.0223. The molecule has 4 heteroatoms. The van der Waals surface area contributed by atoms with Crippen LogP contribution in [-0.4, -0.2) is 37.0 Å². The number of aryl methyl sites for hydroxylation is 1. The lowest BCUT2D eigenvalue weighted by Crippen LogP contribution is -2.49. The van der Waals surface area contributed by atoms with Gasteiger partial charge in [0.25, 0.3) is 5.91 Å². The van der Waals surface area contributed by atoms with E-state index in [0.717, 1.165) is 34.8 Å². The summed E-state index contributed by atoms with van der Waals surface area (Å²) in [5.74, 6) is 0.405. The Morgan fingerprint density at radius 2 is 1.66 bits per heavy atom. The summed E-state index contributed by atoms with van der Waals surface area (Å²) in [5.41, 5.74) is 4.65. The number of fused-ring (bicyclic) bond motifs is 3. The Kier molecular flexibility index (Phi) is 4.27. The molecule has 0 bridgehead atoms. The van der Waals surface area contributed by atoms with Crippen LogP contribution in [-0.2, 0) is 0 Å². The topological polar surface area (TPSA) is 36.7 Å². The highest BCUT2D eigenvalue weighted by atomic mass is 16.3. The number of carbonyl (C=O) groups is 1. The van der Waals surface area contributed by atoms with Crippen molar-refractivity contribution < 1.29 is 9.21 Å². The average molecular weight is 384 g/mol. The first kappa shape index (κ1) is 17.8. The first-order valence-electron chi connectivity index (χ1n) is 10.1. The summed E-state index contributed by atoms with van der Waals surface area (Å²) in [5, 5.41) is 3.27. The Bertz CT molecular complexity index is 1220. The average Bonchev–Trinajstić information content (AvgIpc) is 3.20. The summed E-state index contributed by atoms with van der Waals surface area (Å²) in [6, 6.07) is 20.5. The molecule has 0 N–H and O–H groups in total. The molecule has 1 aliphatic rings. The van der Waals surface area contributed by atoms with Crippen LogP contribution in [0.15, 0.2) is 65.1 Å². The zero-order valence-corrected chi connectivity index (χ0v) is 16.8. The van der Waals surface area contributed by atoms with Gasteiger partial charge >= 0.3 is 0 Å². The van der Waals surface area contributed by atoms with Gasteiger partial charge in [0.2, 0.25) is 0 Å². The third-order valence-corrected chi connectivity index (χ3v) is 6.12. The molecule has 0 unspecified atom stereocenters. The van der Waals surface area contributed by atoms with Gasteiger partial charge in [-0.25, -0.2) is 0 Å². The Hall–Kier alpha value is -3.27. The summed E-state index contributed by atoms with van der Waals surface area (Å²) in [7, 11) is 0. The van der Waals surface area contributed by atoms with Crippen LogP contribution in [0.5, 0.6) is 0 Å². The van der Waals surface area contributed by atoms with Crippen LogP contribution in [0, 0.1) is 13.8 Å². The van der Waals surface area contributed by atoms with E-state index in [4.69, 9.17) is 4.42 Å². The standard InChI is InChI=1S/C25H24N2O2/c1-17-6-5-9-22(18(17)2)26-12-14-27(15-13-26)25(28)24-16-21-20-8-4-3-7-19(20)10-11-23(21)29-24/h3-11,16H,12-15H2,1-2H3. The van der Waals surface area contributed by atoms with Crippen molar-refractivity contribution in [1.82, 2.24) is 4.90 Å². The molecular formula is C25H24N2O2. The molecule has 1 aliphatic heterocycles. The molecule has 4 nitrogen and oxygen atoms in total. The predicted molar refractivity (Wildman–Crippen MR) is 118 cm³/mol. The Labute approximate surface area is 170 Å². The number of rotatable bonds is 2. The molecule has 146 valence electrons. The zero-order chi connectivity index (χ0) is 20.0. The fourth-order valence-electron chi connectivity index (χ4n) is 4.28. The number of benzene rings is 3. The first-order chi connectivity index (χ1) is 14.1.